The zero-order valence-electron chi connectivity index (χ0n) is 13.1. The minimum atomic E-state index is -0.122. The molecule has 0 spiro atoms. The molecular formula is C18H18ClN3O2. The average Bonchev–Trinajstić information content (AvgIpc) is 2.89. The van der Waals surface area contributed by atoms with Crippen LogP contribution in [0.4, 0.5) is 0 Å². The highest BCUT2D eigenvalue weighted by atomic mass is 35.5. The second-order valence-electron chi connectivity index (χ2n) is 5.61. The number of nitrogens with one attached hydrogen (secondary N) is 2. The van der Waals surface area contributed by atoms with Crippen LogP contribution in [0.2, 0.25) is 5.02 Å². The largest absolute Gasteiger partial charge is 0.356 e. The Hall–Kier alpha value is -2.53. The monoisotopic (exact) mass is 343 g/mol. The van der Waals surface area contributed by atoms with Gasteiger partial charge in [-0.3, -0.25) is 9.36 Å². The Balaban J connectivity index is 1.49. The Morgan fingerprint density at radius 3 is 2.67 bits per heavy atom. The van der Waals surface area contributed by atoms with Crippen LogP contribution in [-0.2, 0) is 17.8 Å². The number of hydrogen-bond acceptors (Lipinski definition) is 2. The van der Waals surface area contributed by atoms with Gasteiger partial charge in [0.1, 0.15) is 0 Å². The third kappa shape index (κ3) is 3.86. The van der Waals surface area contributed by atoms with E-state index in [0.717, 1.165) is 16.6 Å². The number of amides is 1. The molecule has 2 aromatic carbocycles. The molecule has 2 N–H and O–H groups in total. The van der Waals surface area contributed by atoms with Gasteiger partial charge in [-0.05, 0) is 36.2 Å². The van der Waals surface area contributed by atoms with Gasteiger partial charge in [-0.25, -0.2) is 4.79 Å². The standard InChI is InChI=1S/C18H18ClN3O2/c19-14-8-6-13(7-9-14)12-17(23)20-10-3-11-22-16-5-2-1-4-15(16)21-18(22)24/h1-2,4-9H,3,10-12H2,(H,20,23)(H,21,24). The average molecular weight is 344 g/mol. The number of aromatic nitrogens is 2. The lowest BCUT2D eigenvalue weighted by Crippen LogP contribution is -2.27. The quantitative estimate of drug-likeness (QED) is 0.676. The van der Waals surface area contributed by atoms with Crippen molar-refractivity contribution < 1.29 is 4.79 Å². The van der Waals surface area contributed by atoms with Gasteiger partial charge in [0.15, 0.2) is 0 Å². The van der Waals surface area contributed by atoms with E-state index in [1.807, 2.05) is 36.4 Å². The normalized spacial score (nSPS) is 10.9. The first-order valence-electron chi connectivity index (χ1n) is 7.82. The number of carbonyl (C=O) groups is 1. The molecule has 0 saturated carbocycles. The number of aryl methyl sites for hydroxylation is 1. The maximum atomic E-state index is 11.9. The molecule has 0 fully saturated rings. The number of carbonyl (C=O) groups excluding carboxylic acids is 1. The lowest BCUT2D eigenvalue weighted by Gasteiger charge is -2.06. The third-order valence-corrected chi connectivity index (χ3v) is 4.09. The predicted octanol–water partition coefficient (Wildman–Crippen LogP) is 2.73. The first-order chi connectivity index (χ1) is 11.6. The van der Waals surface area contributed by atoms with Crippen molar-refractivity contribution in [2.45, 2.75) is 19.4 Å². The molecule has 1 heterocycles. The third-order valence-electron chi connectivity index (χ3n) is 3.84. The number of benzene rings is 2. The summed E-state index contributed by atoms with van der Waals surface area (Å²) >= 11 is 5.82. The van der Waals surface area contributed by atoms with Gasteiger partial charge in [-0.2, -0.15) is 0 Å². The number of aromatic amines is 1. The second kappa shape index (κ2) is 7.36. The fraction of sp³-hybridized carbons (Fsp3) is 0.222. The van der Waals surface area contributed by atoms with Crippen LogP contribution in [0.3, 0.4) is 0 Å². The summed E-state index contributed by atoms with van der Waals surface area (Å²) in [5, 5.41) is 3.53. The van der Waals surface area contributed by atoms with Crippen molar-refractivity contribution >= 4 is 28.5 Å². The van der Waals surface area contributed by atoms with Gasteiger partial charge >= 0.3 is 5.69 Å². The molecule has 3 rings (SSSR count). The molecule has 0 atom stereocenters. The Bertz CT molecular complexity index is 897. The number of halogens is 1. The van der Waals surface area contributed by atoms with E-state index in [2.05, 4.69) is 10.3 Å². The number of para-hydroxylation sites is 2. The van der Waals surface area contributed by atoms with Crippen LogP contribution >= 0.6 is 11.6 Å². The van der Waals surface area contributed by atoms with Crippen LogP contribution in [0.15, 0.2) is 53.3 Å². The van der Waals surface area contributed by atoms with E-state index in [9.17, 15) is 9.59 Å². The molecule has 6 heteroatoms. The van der Waals surface area contributed by atoms with E-state index >= 15 is 0 Å². The zero-order valence-corrected chi connectivity index (χ0v) is 13.8. The van der Waals surface area contributed by atoms with Gasteiger partial charge in [0.05, 0.1) is 17.5 Å². The SMILES string of the molecule is O=C(Cc1ccc(Cl)cc1)NCCCn1c(=O)[nH]c2ccccc21. The molecule has 0 aliphatic rings. The lowest BCUT2D eigenvalue weighted by molar-refractivity contribution is -0.120. The smallest absolute Gasteiger partial charge is 0.326 e. The van der Waals surface area contributed by atoms with Gasteiger partial charge in [0.25, 0.3) is 0 Å². The van der Waals surface area contributed by atoms with E-state index in [4.69, 9.17) is 11.6 Å². The highest BCUT2D eigenvalue weighted by Crippen LogP contribution is 2.10. The van der Waals surface area contributed by atoms with Crippen molar-refractivity contribution in [3.05, 3.63) is 69.6 Å². The lowest BCUT2D eigenvalue weighted by atomic mass is 10.1. The second-order valence-corrected chi connectivity index (χ2v) is 6.04. The van der Waals surface area contributed by atoms with E-state index in [-0.39, 0.29) is 11.6 Å². The maximum Gasteiger partial charge on any atom is 0.326 e. The van der Waals surface area contributed by atoms with Crippen molar-refractivity contribution in [1.82, 2.24) is 14.9 Å². The number of rotatable bonds is 6. The van der Waals surface area contributed by atoms with Gasteiger partial charge in [0.2, 0.25) is 5.91 Å². The van der Waals surface area contributed by atoms with Crippen molar-refractivity contribution in [1.29, 1.82) is 0 Å². The molecule has 0 aliphatic heterocycles. The molecular weight excluding hydrogens is 326 g/mol. The molecule has 0 unspecified atom stereocenters. The van der Waals surface area contributed by atoms with Crippen LogP contribution in [0.25, 0.3) is 11.0 Å². The zero-order chi connectivity index (χ0) is 16.9. The summed E-state index contributed by atoms with van der Waals surface area (Å²) in [5.41, 5.74) is 2.51. The molecule has 0 saturated heterocycles. The Morgan fingerprint density at radius 2 is 1.88 bits per heavy atom. The van der Waals surface area contributed by atoms with Crippen LogP contribution in [0, 0.1) is 0 Å². The summed E-state index contributed by atoms with van der Waals surface area (Å²) in [6, 6.07) is 14.8. The highest BCUT2D eigenvalue weighted by molar-refractivity contribution is 6.30. The predicted molar refractivity (Wildman–Crippen MR) is 95.3 cm³/mol. The van der Waals surface area contributed by atoms with Gasteiger partial charge in [-0.15, -0.1) is 0 Å². The topological polar surface area (TPSA) is 66.9 Å². The fourth-order valence-electron chi connectivity index (χ4n) is 2.64. The maximum absolute atomic E-state index is 11.9. The molecule has 1 amide bonds. The van der Waals surface area contributed by atoms with Crippen molar-refractivity contribution in [2.24, 2.45) is 0 Å². The van der Waals surface area contributed by atoms with E-state index < -0.39 is 0 Å². The number of fused-ring (bicyclic) bond motifs is 1. The van der Waals surface area contributed by atoms with Gasteiger partial charge < -0.3 is 10.3 Å². The van der Waals surface area contributed by atoms with Gasteiger partial charge in [-0.1, -0.05) is 35.9 Å². The minimum absolute atomic E-state index is 0.0383. The molecule has 0 radical (unpaired) electrons. The molecule has 0 bridgehead atoms. The Morgan fingerprint density at radius 1 is 1.12 bits per heavy atom. The number of nitrogens with zero attached hydrogens (tertiary/aromatic N) is 1. The van der Waals surface area contributed by atoms with Crippen molar-refractivity contribution in [3.63, 3.8) is 0 Å². The molecule has 0 aliphatic carbocycles. The highest BCUT2D eigenvalue weighted by Gasteiger charge is 2.06. The first-order valence-corrected chi connectivity index (χ1v) is 8.20. The minimum Gasteiger partial charge on any atom is -0.356 e. The molecule has 1 aromatic heterocycles. The summed E-state index contributed by atoms with van der Waals surface area (Å²) < 4.78 is 1.70. The molecule has 3 aromatic rings. The van der Waals surface area contributed by atoms with Crippen LogP contribution < -0.4 is 11.0 Å². The molecule has 5 nitrogen and oxygen atoms in total. The van der Waals surface area contributed by atoms with E-state index in [1.54, 1.807) is 16.7 Å². The summed E-state index contributed by atoms with van der Waals surface area (Å²) in [4.78, 5) is 26.7. The fourth-order valence-corrected chi connectivity index (χ4v) is 2.77. The van der Waals surface area contributed by atoms with Crippen LogP contribution in [0.5, 0.6) is 0 Å². The van der Waals surface area contributed by atoms with Crippen LogP contribution in [-0.4, -0.2) is 22.0 Å². The molecule has 124 valence electrons. The number of imidazole rings is 1. The van der Waals surface area contributed by atoms with E-state index in [1.165, 1.54) is 0 Å². The number of H-pyrrole nitrogens is 1. The van der Waals surface area contributed by atoms with Crippen LogP contribution in [0.1, 0.15) is 12.0 Å². The summed E-state index contributed by atoms with van der Waals surface area (Å²) in [6.45, 7) is 1.09. The summed E-state index contributed by atoms with van der Waals surface area (Å²) in [5.74, 6) is -0.0383. The first kappa shape index (κ1) is 16.3. The molecule has 24 heavy (non-hydrogen) atoms. The Labute approximate surface area is 144 Å². The summed E-state index contributed by atoms with van der Waals surface area (Å²) in [7, 11) is 0. The van der Waals surface area contributed by atoms with Crippen molar-refractivity contribution in [2.75, 3.05) is 6.54 Å². The number of hydrogen-bond donors (Lipinski definition) is 2. The van der Waals surface area contributed by atoms with Crippen molar-refractivity contribution in [3.8, 4) is 0 Å². The summed E-state index contributed by atoms with van der Waals surface area (Å²) in [6.07, 6.45) is 1.01. The van der Waals surface area contributed by atoms with Gasteiger partial charge in [0, 0.05) is 18.1 Å². The van der Waals surface area contributed by atoms with E-state index in [0.29, 0.717) is 31.0 Å². The Kier molecular flexibility index (Phi) is 5.01.